The van der Waals surface area contributed by atoms with Crippen LogP contribution in [0.5, 0.6) is 0 Å². The SMILES string of the molecule is CCc1ccccc1CNC(=NC)NC1CCC(NC(=O)OC(C)(C)C)CC1.I. The van der Waals surface area contributed by atoms with E-state index in [1.165, 1.54) is 11.1 Å². The number of halogens is 1. The minimum atomic E-state index is -0.461. The summed E-state index contributed by atoms with van der Waals surface area (Å²) in [4.78, 5) is 16.3. The number of alkyl carbamates (subject to hydrolysis) is 1. The zero-order valence-corrected chi connectivity index (χ0v) is 20.7. The Balaban J connectivity index is 0.00000420. The molecule has 1 aliphatic rings. The maximum atomic E-state index is 11.9. The number of carbonyl (C=O) groups excluding carboxylic acids is 1. The number of carbonyl (C=O) groups is 1. The summed E-state index contributed by atoms with van der Waals surface area (Å²) in [5.74, 6) is 0.828. The van der Waals surface area contributed by atoms with Crippen LogP contribution < -0.4 is 16.0 Å². The molecule has 164 valence electrons. The number of aryl methyl sites for hydroxylation is 1. The van der Waals surface area contributed by atoms with Gasteiger partial charge in [0.2, 0.25) is 0 Å². The van der Waals surface area contributed by atoms with Crippen molar-refractivity contribution in [3.8, 4) is 0 Å². The summed E-state index contributed by atoms with van der Waals surface area (Å²) in [7, 11) is 1.80. The molecule has 0 spiro atoms. The quantitative estimate of drug-likeness (QED) is 0.309. The first kappa shape index (κ1) is 25.5. The van der Waals surface area contributed by atoms with Crippen molar-refractivity contribution in [2.24, 2.45) is 4.99 Å². The number of benzene rings is 1. The van der Waals surface area contributed by atoms with Crippen LogP contribution in [0.3, 0.4) is 0 Å². The lowest BCUT2D eigenvalue weighted by molar-refractivity contribution is 0.0490. The van der Waals surface area contributed by atoms with Crippen LogP contribution in [-0.2, 0) is 17.7 Å². The molecule has 3 N–H and O–H groups in total. The van der Waals surface area contributed by atoms with E-state index < -0.39 is 5.60 Å². The third kappa shape index (κ3) is 9.23. The normalized spacial score (nSPS) is 19.7. The Bertz CT molecular complexity index is 665. The Morgan fingerprint density at radius 2 is 1.62 bits per heavy atom. The molecule has 1 aromatic rings. The third-order valence-electron chi connectivity index (χ3n) is 4.96. The van der Waals surface area contributed by atoms with Crippen molar-refractivity contribution in [1.29, 1.82) is 0 Å². The highest BCUT2D eigenvalue weighted by Gasteiger charge is 2.25. The maximum Gasteiger partial charge on any atom is 0.407 e. The largest absolute Gasteiger partial charge is 0.444 e. The number of nitrogens with one attached hydrogen (secondary N) is 3. The summed E-state index contributed by atoms with van der Waals surface area (Å²) >= 11 is 0. The van der Waals surface area contributed by atoms with E-state index in [2.05, 4.69) is 52.1 Å². The lowest BCUT2D eigenvalue weighted by Crippen LogP contribution is -2.48. The summed E-state index contributed by atoms with van der Waals surface area (Å²) in [6, 6.07) is 9.03. The van der Waals surface area contributed by atoms with E-state index in [4.69, 9.17) is 4.74 Å². The van der Waals surface area contributed by atoms with Gasteiger partial charge < -0.3 is 20.7 Å². The molecule has 0 aliphatic heterocycles. The summed E-state index contributed by atoms with van der Waals surface area (Å²) < 4.78 is 5.35. The fourth-order valence-electron chi connectivity index (χ4n) is 3.50. The molecule has 0 bridgehead atoms. The second-order valence-electron chi connectivity index (χ2n) is 8.39. The number of guanidine groups is 1. The van der Waals surface area contributed by atoms with E-state index >= 15 is 0 Å². The van der Waals surface area contributed by atoms with Gasteiger partial charge in [-0.25, -0.2) is 4.79 Å². The van der Waals surface area contributed by atoms with Gasteiger partial charge in [-0.15, -0.1) is 24.0 Å². The van der Waals surface area contributed by atoms with E-state index in [1.54, 1.807) is 7.05 Å². The van der Waals surface area contributed by atoms with Crippen LogP contribution in [0.1, 0.15) is 64.5 Å². The van der Waals surface area contributed by atoms with Crippen molar-refractivity contribution >= 4 is 36.0 Å². The zero-order chi connectivity index (χ0) is 20.6. The van der Waals surface area contributed by atoms with Crippen LogP contribution in [0.4, 0.5) is 4.79 Å². The molecule has 0 unspecified atom stereocenters. The maximum absolute atomic E-state index is 11.9. The first-order valence-corrected chi connectivity index (χ1v) is 10.3. The van der Waals surface area contributed by atoms with Crippen molar-refractivity contribution in [1.82, 2.24) is 16.0 Å². The van der Waals surface area contributed by atoms with Gasteiger partial charge in [-0.3, -0.25) is 4.99 Å². The Hall–Kier alpha value is -1.51. The van der Waals surface area contributed by atoms with Gasteiger partial charge in [-0.05, 0) is 64.0 Å². The first-order chi connectivity index (χ1) is 13.3. The molecular formula is C22H37IN4O2. The second kappa shape index (κ2) is 12.2. The van der Waals surface area contributed by atoms with Crippen LogP contribution in [0.15, 0.2) is 29.3 Å². The highest BCUT2D eigenvalue weighted by atomic mass is 127. The lowest BCUT2D eigenvalue weighted by Gasteiger charge is -2.31. The average molecular weight is 516 g/mol. The third-order valence-corrected chi connectivity index (χ3v) is 4.96. The van der Waals surface area contributed by atoms with Crippen LogP contribution >= 0.6 is 24.0 Å². The van der Waals surface area contributed by atoms with Gasteiger partial charge >= 0.3 is 6.09 Å². The number of amides is 1. The minimum Gasteiger partial charge on any atom is -0.444 e. The Labute approximate surface area is 192 Å². The Morgan fingerprint density at radius 3 is 2.14 bits per heavy atom. The molecule has 29 heavy (non-hydrogen) atoms. The Kier molecular flexibility index (Phi) is 10.8. The number of rotatable bonds is 5. The van der Waals surface area contributed by atoms with Gasteiger partial charge in [-0.2, -0.15) is 0 Å². The first-order valence-electron chi connectivity index (χ1n) is 10.3. The number of hydrogen-bond donors (Lipinski definition) is 3. The molecule has 0 atom stereocenters. The van der Waals surface area contributed by atoms with Crippen LogP contribution in [0, 0.1) is 0 Å². The van der Waals surface area contributed by atoms with Crippen molar-refractivity contribution in [2.75, 3.05) is 7.05 Å². The predicted molar refractivity (Wildman–Crippen MR) is 130 cm³/mol. The predicted octanol–water partition coefficient (Wildman–Crippen LogP) is 4.37. The van der Waals surface area contributed by atoms with E-state index in [9.17, 15) is 4.79 Å². The highest BCUT2D eigenvalue weighted by Crippen LogP contribution is 2.19. The number of hydrogen-bond acceptors (Lipinski definition) is 3. The topological polar surface area (TPSA) is 74.8 Å². The molecule has 7 heteroatoms. The number of ether oxygens (including phenoxy) is 1. The molecule has 1 aromatic carbocycles. The highest BCUT2D eigenvalue weighted by molar-refractivity contribution is 14.0. The molecule has 0 saturated heterocycles. The fourth-order valence-corrected chi connectivity index (χ4v) is 3.50. The van der Waals surface area contributed by atoms with Crippen molar-refractivity contribution in [3.05, 3.63) is 35.4 Å². The molecule has 0 radical (unpaired) electrons. The molecule has 1 fully saturated rings. The van der Waals surface area contributed by atoms with Gasteiger partial charge in [-0.1, -0.05) is 31.2 Å². The minimum absolute atomic E-state index is 0. The zero-order valence-electron chi connectivity index (χ0n) is 18.4. The fraction of sp³-hybridized carbons (Fsp3) is 0.636. The van der Waals surface area contributed by atoms with Gasteiger partial charge in [0, 0.05) is 25.7 Å². The van der Waals surface area contributed by atoms with Gasteiger partial charge in [0.05, 0.1) is 0 Å². The smallest absolute Gasteiger partial charge is 0.407 e. The molecule has 6 nitrogen and oxygen atoms in total. The van der Waals surface area contributed by atoms with E-state index in [0.29, 0.717) is 6.04 Å². The molecule has 2 rings (SSSR count). The lowest BCUT2D eigenvalue weighted by atomic mass is 9.91. The van der Waals surface area contributed by atoms with Gasteiger partial charge in [0.15, 0.2) is 5.96 Å². The van der Waals surface area contributed by atoms with E-state index in [-0.39, 0.29) is 36.1 Å². The van der Waals surface area contributed by atoms with E-state index in [1.807, 2.05) is 20.8 Å². The standard InChI is InChI=1S/C22H36N4O2.HI/c1-6-16-9-7-8-10-17(16)15-24-20(23-5)25-18-11-13-19(14-12-18)26-21(27)28-22(2,3)4;/h7-10,18-19H,6,11-15H2,1-5H3,(H,26,27)(H2,23,24,25);1H. The number of nitrogens with zero attached hydrogens (tertiary/aromatic N) is 1. The molecular weight excluding hydrogens is 479 g/mol. The van der Waals surface area contributed by atoms with Crippen molar-refractivity contribution in [3.63, 3.8) is 0 Å². The van der Waals surface area contributed by atoms with Crippen LogP contribution in [0.25, 0.3) is 0 Å². The van der Waals surface area contributed by atoms with Crippen molar-refractivity contribution in [2.45, 2.75) is 84.0 Å². The average Bonchev–Trinajstić information content (AvgIpc) is 2.65. The van der Waals surface area contributed by atoms with Gasteiger partial charge in [0.25, 0.3) is 0 Å². The molecule has 1 aliphatic carbocycles. The van der Waals surface area contributed by atoms with Gasteiger partial charge in [0.1, 0.15) is 5.60 Å². The molecule has 1 saturated carbocycles. The molecule has 1 amide bonds. The molecule has 0 aromatic heterocycles. The summed E-state index contributed by atoms with van der Waals surface area (Å²) in [5, 5.41) is 9.93. The monoisotopic (exact) mass is 516 g/mol. The summed E-state index contributed by atoms with van der Waals surface area (Å²) in [5.41, 5.74) is 2.20. The Morgan fingerprint density at radius 1 is 1.07 bits per heavy atom. The summed E-state index contributed by atoms with van der Waals surface area (Å²) in [6.07, 6.45) is 4.56. The molecule has 0 heterocycles. The van der Waals surface area contributed by atoms with Crippen LogP contribution in [0.2, 0.25) is 0 Å². The number of aliphatic imine (C=N–C) groups is 1. The summed E-state index contributed by atoms with van der Waals surface area (Å²) in [6.45, 7) is 8.58. The van der Waals surface area contributed by atoms with Crippen LogP contribution in [-0.4, -0.2) is 36.8 Å². The van der Waals surface area contributed by atoms with Crippen molar-refractivity contribution < 1.29 is 9.53 Å². The second-order valence-corrected chi connectivity index (χ2v) is 8.39. The van der Waals surface area contributed by atoms with E-state index in [0.717, 1.165) is 44.6 Å².